The van der Waals surface area contributed by atoms with Gasteiger partial charge in [-0.15, -0.1) is 24.0 Å². The minimum Gasteiger partial charge on any atom is -0.357 e. The van der Waals surface area contributed by atoms with Crippen molar-refractivity contribution in [1.82, 2.24) is 20.4 Å². The number of hydrogen-bond donors (Lipinski definition) is 2. The second-order valence-electron chi connectivity index (χ2n) is 7.23. The van der Waals surface area contributed by atoms with E-state index >= 15 is 0 Å². The molecule has 0 aliphatic rings. The third-order valence-electron chi connectivity index (χ3n) is 4.85. The number of guanidine groups is 1. The first-order valence-corrected chi connectivity index (χ1v) is 9.81. The lowest BCUT2D eigenvalue weighted by atomic mass is 10.1. The lowest BCUT2D eigenvalue weighted by Crippen LogP contribution is -2.43. The number of hydrogen-bond acceptors (Lipinski definition) is 2. The van der Waals surface area contributed by atoms with E-state index in [1.165, 1.54) is 17.7 Å². The molecule has 1 atom stereocenters. The normalized spacial score (nSPS) is 13.0. The molecule has 30 heavy (non-hydrogen) atoms. The quantitative estimate of drug-likeness (QED) is 0.313. The molecule has 9 heteroatoms. The average molecular weight is 537 g/mol. The second kappa shape index (κ2) is 11.6. The van der Waals surface area contributed by atoms with Gasteiger partial charge in [-0.25, -0.2) is 0 Å². The molecule has 0 aliphatic heterocycles. The van der Waals surface area contributed by atoms with Crippen LogP contribution in [0.3, 0.4) is 0 Å². The molecule has 2 N–H and O–H groups in total. The van der Waals surface area contributed by atoms with E-state index in [4.69, 9.17) is 0 Å². The first-order chi connectivity index (χ1) is 13.6. The summed E-state index contributed by atoms with van der Waals surface area (Å²) in [5.74, 6) is 0.700. The van der Waals surface area contributed by atoms with E-state index < -0.39 is 11.7 Å². The second-order valence-corrected chi connectivity index (χ2v) is 7.23. The van der Waals surface area contributed by atoms with E-state index in [0.29, 0.717) is 18.9 Å². The lowest BCUT2D eigenvalue weighted by molar-refractivity contribution is -0.137. The summed E-state index contributed by atoms with van der Waals surface area (Å²) in [6.07, 6.45) is -2.90. The van der Waals surface area contributed by atoms with Gasteiger partial charge in [-0.3, -0.25) is 9.67 Å². The van der Waals surface area contributed by atoms with Gasteiger partial charge in [-0.05, 0) is 63.8 Å². The van der Waals surface area contributed by atoms with Crippen LogP contribution in [0.1, 0.15) is 41.9 Å². The van der Waals surface area contributed by atoms with Crippen molar-refractivity contribution in [2.75, 3.05) is 13.1 Å². The van der Waals surface area contributed by atoms with E-state index in [-0.39, 0.29) is 30.0 Å². The number of alkyl halides is 3. The van der Waals surface area contributed by atoms with Crippen LogP contribution in [0, 0.1) is 13.8 Å². The van der Waals surface area contributed by atoms with Crippen LogP contribution >= 0.6 is 24.0 Å². The van der Waals surface area contributed by atoms with Crippen LogP contribution in [0.5, 0.6) is 0 Å². The Labute approximate surface area is 193 Å². The van der Waals surface area contributed by atoms with Gasteiger partial charge in [0, 0.05) is 31.9 Å². The SMILES string of the molecule is CCNC(=NCCc1ccc(C(F)(F)F)cc1)NC(C)Cc1c(C)nn(C)c1C.I. The van der Waals surface area contributed by atoms with Crippen LogP contribution in [0.15, 0.2) is 29.3 Å². The Morgan fingerprint density at radius 3 is 2.33 bits per heavy atom. The van der Waals surface area contributed by atoms with Gasteiger partial charge in [-0.1, -0.05) is 12.1 Å². The highest BCUT2D eigenvalue weighted by molar-refractivity contribution is 14.0. The Balaban J connectivity index is 0.00000450. The third kappa shape index (κ3) is 7.48. The Bertz CT molecular complexity index is 828. The molecule has 5 nitrogen and oxygen atoms in total. The zero-order valence-electron chi connectivity index (χ0n) is 18.1. The molecule has 1 heterocycles. The Kier molecular flexibility index (Phi) is 10.1. The van der Waals surface area contributed by atoms with Crippen molar-refractivity contribution in [1.29, 1.82) is 0 Å². The van der Waals surface area contributed by atoms with E-state index in [2.05, 4.69) is 34.6 Å². The fourth-order valence-corrected chi connectivity index (χ4v) is 3.18. The topological polar surface area (TPSA) is 54.2 Å². The van der Waals surface area contributed by atoms with Gasteiger partial charge in [0.15, 0.2) is 5.96 Å². The lowest BCUT2D eigenvalue weighted by Gasteiger charge is -2.18. The maximum atomic E-state index is 12.6. The highest BCUT2D eigenvalue weighted by atomic mass is 127. The van der Waals surface area contributed by atoms with Crippen LogP contribution < -0.4 is 10.6 Å². The summed E-state index contributed by atoms with van der Waals surface area (Å²) in [6, 6.07) is 5.40. The summed E-state index contributed by atoms with van der Waals surface area (Å²) in [4.78, 5) is 4.56. The minimum atomic E-state index is -4.31. The van der Waals surface area contributed by atoms with Crippen molar-refractivity contribution in [2.45, 2.75) is 52.8 Å². The molecule has 0 fully saturated rings. The Hall–Kier alpha value is -1.78. The molecule has 0 radical (unpaired) electrons. The standard InChI is InChI=1S/C21H30F3N5.HI/c1-6-25-20(27-14(2)13-19-15(3)28-29(5)16(19)4)26-12-11-17-7-9-18(10-8-17)21(22,23)24;/h7-10,14H,6,11-13H2,1-5H3,(H2,25,26,27);1H. The number of rotatable bonds is 7. The molecule has 1 unspecified atom stereocenters. The predicted octanol–water partition coefficient (Wildman–Crippen LogP) is 4.40. The van der Waals surface area contributed by atoms with Crippen molar-refractivity contribution in [3.05, 3.63) is 52.3 Å². The van der Waals surface area contributed by atoms with Crippen LogP contribution in [-0.2, 0) is 26.1 Å². The molecule has 1 aromatic carbocycles. The predicted molar refractivity (Wildman–Crippen MR) is 126 cm³/mol. The molecule has 168 valence electrons. The number of nitrogens with zero attached hydrogens (tertiary/aromatic N) is 3. The third-order valence-corrected chi connectivity index (χ3v) is 4.85. The van der Waals surface area contributed by atoms with Gasteiger partial charge in [0.05, 0.1) is 11.3 Å². The number of aromatic nitrogens is 2. The number of benzene rings is 1. The first-order valence-electron chi connectivity index (χ1n) is 9.81. The van der Waals surface area contributed by atoms with Crippen molar-refractivity contribution in [3.8, 4) is 0 Å². The molecule has 1 aromatic heterocycles. The number of aliphatic imine (C=N–C) groups is 1. The van der Waals surface area contributed by atoms with Gasteiger partial charge in [0.25, 0.3) is 0 Å². The van der Waals surface area contributed by atoms with Gasteiger partial charge in [0.1, 0.15) is 0 Å². The molecule has 0 amide bonds. The van der Waals surface area contributed by atoms with E-state index in [1.54, 1.807) is 0 Å². The molecule has 0 saturated carbocycles. The first kappa shape index (κ1) is 26.3. The van der Waals surface area contributed by atoms with Crippen molar-refractivity contribution in [2.24, 2.45) is 12.0 Å². The molecular formula is C21H31F3IN5. The van der Waals surface area contributed by atoms with E-state index in [9.17, 15) is 13.2 Å². The van der Waals surface area contributed by atoms with Crippen molar-refractivity contribution < 1.29 is 13.2 Å². The number of halogens is 4. The molecule has 2 aromatic rings. The maximum Gasteiger partial charge on any atom is 0.416 e. The van der Waals surface area contributed by atoms with Gasteiger partial charge in [0.2, 0.25) is 0 Å². The summed E-state index contributed by atoms with van der Waals surface area (Å²) in [6.45, 7) is 9.37. The largest absolute Gasteiger partial charge is 0.416 e. The average Bonchev–Trinajstić information content (AvgIpc) is 2.87. The highest BCUT2D eigenvalue weighted by Crippen LogP contribution is 2.29. The van der Waals surface area contributed by atoms with Gasteiger partial charge in [-0.2, -0.15) is 18.3 Å². The molecule has 0 saturated heterocycles. The summed E-state index contributed by atoms with van der Waals surface area (Å²) >= 11 is 0. The Morgan fingerprint density at radius 1 is 1.20 bits per heavy atom. The van der Waals surface area contributed by atoms with Crippen LogP contribution in [-0.4, -0.2) is 34.9 Å². The van der Waals surface area contributed by atoms with E-state index in [1.807, 2.05) is 25.6 Å². The zero-order chi connectivity index (χ0) is 21.6. The molecule has 0 spiro atoms. The summed E-state index contributed by atoms with van der Waals surface area (Å²) in [5, 5.41) is 11.1. The monoisotopic (exact) mass is 537 g/mol. The van der Waals surface area contributed by atoms with Crippen LogP contribution in [0.2, 0.25) is 0 Å². The fraction of sp³-hybridized carbons (Fsp3) is 0.524. The Morgan fingerprint density at radius 2 is 1.83 bits per heavy atom. The fourth-order valence-electron chi connectivity index (χ4n) is 3.18. The number of aryl methyl sites for hydroxylation is 2. The van der Waals surface area contributed by atoms with Gasteiger partial charge < -0.3 is 10.6 Å². The summed E-state index contributed by atoms with van der Waals surface area (Å²) in [7, 11) is 1.94. The number of nitrogens with one attached hydrogen (secondary N) is 2. The van der Waals surface area contributed by atoms with Crippen LogP contribution in [0.25, 0.3) is 0 Å². The molecule has 2 rings (SSSR count). The van der Waals surface area contributed by atoms with Crippen LogP contribution in [0.4, 0.5) is 13.2 Å². The smallest absolute Gasteiger partial charge is 0.357 e. The van der Waals surface area contributed by atoms with Gasteiger partial charge >= 0.3 is 6.18 Å². The molecule has 0 aliphatic carbocycles. The maximum absolute atomic E-state index is 12.6. The molecule has 0 bridgehead atoms. The summed E-state index contributed by atoms with van der Waals surface area (Å²) in [5.41, 5.74) is 3.61. The van der Waals surface area contributed by atoms with Crippen molar-refractivity contribution >= 4 is 29.9 Å². The van der Waals surface area contributed by atoms with Crippen molar-refractivity contribution in [3.63, 3.8) is 0 Å². The van der Waals surface area contributed by atoms with E-state index in [0.717, 1.165) is 42.0 Å². The zero-order valence-corrected chi connectivity index (χ0v) is 20.4. The highest BCUT2D eigenvalue weighted by Gasteiger charge is 2.29. The summed E-state index contributed by atoms with van der Waals surface area (Å²) < 4.78 is 39.8. The minimum absolute atomic E-state index is 0. The molecular weight excluding hydrogens is 506 g/mol.